The first kappa shape index (κ1) is 15.9. The average Bonchev–Trinajstić information content (AvgIpc) is 2.35. The number of aliphatic hydroxyl groups is 1. The van der Waals surface area contributed by atoms with Gasteiger partial charge in [-0.05, 0) is 31.4 Å². The van der Waals surface area contributed by atoms with E-state index < -0.39 is 15.6 Å². The first-order chi connectivity index (χ1) is 8.75. The molecule has 6 heteroatoms. The number of nitrogen functional groups attached to an aromatic ring is 1. The minimum absolute atomic E-state index is 0.0178. The van der Waals surface area contributed by atoms with E-state index in [1.165, 1.54) is 0 Å². The molecule has 0 heterocycles. The quantitative estimate of drug-likeness (QED) is 0.689. The van der Waals surface area contributed by atoms with Gasteiger partial charge < -0.3 is 10.8 Å². The molecule has 0 unspecified atom stereocenters. The molecule has 0 radical (unpaired) electrons. The van der Waals surface area contributed by atoms with Gasteiger partial charge in [-0.1, -0.05) is 26.0 Å². The first-order valence-corrected chi connectivity index (χ1v) is 7.81. The number of nitrogens with one attached hydrogen (secondary N) is 1. The standard InChI is InChI=1S/C13H22N2O3S/c1-4-13(16,5-2)9-15-19(17,18)12-10(3)7-6-8-11(12)14/h6-8,15-16H,4-5,9,14H2,1-3H3. The predicted molar refractivity (Wildman–Crippen MR) is 76.3 cm³/mol. The minimum Gasteiger partial charge on any atom is -0.398 e. The SMILES string of the molecule is CCC(O)(CC)CNS(=O)(=O)c1c(C)cccc1N. The Morgan fingerprint density at radius 2 is 1.89 bits per heavy atom. The Hall–Kier alpha value is -1.11. The number of anilines is 1. The van der Waals surface area contributed by atoms with Crippen LogP contribution in [0.5, 0.6) is 0 Å². The largest absolute Gasteiger partial charge is 0.398 e. The number of hydrogen-bond donors (Lipinski definition) is 3. The third-order valence-corrected chi connectivity index (χ3v) is 5.04. The number of sulfonamides is 1. The summed E-state index contributed by atoms with van der Waals surface area (Å²) >= 11 is 0. The maximum absolute atomic E-state index is 12.3. The lowest BCUT2D eigenvalue weighted by atomic mass is 9.98. The molecule has 0 aliphatic heterocycles. The molecule has 0 aliphatic rings. The number of benzene rings is 1. The van der Waals surface area contributed by atoms with Crippen LogP contribution in [0, 0.1) is 6.92 Å². The molecule has 1 aromatic carbocycles. The summed E-state index contributed by atoms with van der Waals surface area (Å²) < 4.78 is 26.9. The van der Waals surface area contributed by atoms with Crippen molar-refractivity contribution in [3.63, 3.8) is 0 Å². The molecule has 0 fully saturated rings. The van der Waals surface area contributed by atoms with Crippen LogP contribution in [0.15, 0.2) is 23.1 Å². The van der Waals surface area contributed by atoms with E-state index in [2.05, 4.69) is 4.72 Å². The highest BCUT2D eigenvalue weighted by molar-refractivity contribution is 7.89. The zero-order valence-electron chi connectivity index (χ0n) is 11.6. The molecule has 4 N–H and O–H groups in total. The highest BCUT2D eigenvalue weighted by Crippen LogP contribution is 2.23. The van der Waals surface area contributed by atoms with Crippen LogP contribution in [-0.2, 0) is 10.0 Å². The summed E-state index contributed by atoms with van der Waals surface area (Å²) in [6.45, 7) is 5.31. The van der Waals surface area contributed by atoms with Crippen molar-refractivity contribution in [1.82, 2.24) is 4.72 Å². The Bertz CT molecular complexity index is 517. The van der Waals surface area contributed by atoms with Crippen molar-refractivity contribution >= 4 is 15.7 Å². The third kappa shape index (κ3) is 3.68. The van der Waals surface area contributed by atoms with Gasteiger partial charge in [0.05, 0.1) is 11.3 Å². The fourth-order valence-electron chi connectivity index (χ4n) is 1.84. The molecular weight excluding hydrogens is 264 g/mol. The molecule has 0 bridgehead atoms. The fourth-order valence-corrected chi connectivity index (χ4v) is 3.32. The van der Waals surface area contributed by atoms with Crippen LogP contribution in [0.1, 0.15) is 32.3 Å². The Kier molecular flexibility index (Phi) is 4.95. The summed E-state index contributed by atoms with van der Waals surface area (Å²) in [6.07, 6.45) is 0.963. The molecule has 0 spiro atoms. The zero-order chi connectivity index (χ0) is 14.7. The first-order valence-electron chi connectivity index (χ1n) is 6.33. The zero-order valence-corrected chi connectivity index (χ0v) is 12.4. The van der Waals surface area contributed by atoms with Crippen LogP contribution in [0.25, 0.3) is 0 Å². The molecule has 1 aromatic rings. The smallest absolute Gasteiger partial charge is 0.242 e. The van der Waals surface area contributed by atoms with Gasteiger partial charge in [0.25, 0.3) is 0 Å². The number of nitrogens with two attached hydrogens (primary N) is 1. The highest BCUT2D eigenvalue weighted by Gasteiger charge is 2.27. The van der Waals surface area contributed by atoms with Gasteiger partial charge in [0.2, 0.25) is 10.0 Å². The molecule has 1 rings (SSSR count). The lowest BCUT2D eigenvalue weighted by Crippen LogP contribution is -2.42. The Morgan fingerprint density at radius 1 is 1.32 bits per heavy atom. The van der Waals surface area contributed by atoms with Crippen molar-refractivity contribution in [3.05, 3.63) is 23.8 Å². The van der Waals surface area contributed by atoms with Gasteiger partial charge in [-0.15, -0.1) is 0 Å². The van der Waals surface area contributed by atoms with Crippen LogP contribution in [-0.4, -0.2) is 25.7 Å². The van der Waals surface area contributed by atoms with Crippen molar-refractivity contribution in [2.75, 3.05) is 12.3 Å². The topological polar surface area (TPSA) is 92.4 Å². The van der Waals surface area contributed by atoms with Gasteiger partial charge in [0.15, 0.2) is 0 Å². The van der Waals surface area contributed by atoms with E-state index in [9.17, 15) is 13.5 Å². The second-order valence-electron chi connectivity index (χ2n) is 4.75. The van der Waals surface area contributed by atoms with Gasteiger partial charge >= 0.3 is 0 Å². The number of aryl methyl sites for hydroxylation is 1. The fraction of sp³-hybridized carbons (Fsp3) is 0.538. The summed E-state index contributed by atoms with van der Waals surface area (Å²) in [5.74, 6) is 0. The molecule has 19 heavy (non-hydrogen) atoms. The van der Waals surface area contributed by atoms with Crippen molar-refractivity contribution in [1.29, 1.82) is 0 Å². The molecule has 0 saturated heterocycles. The van der Waals surface area contributed by atoms with Gasteiger partial charge in [-0.25, -0.2) is 13.1 Å². The molecule has 5 nitrogen and oxygen atoms in total. The van der Waals surface area contributed by atoms with Crippen LogP contribution in [0.3, 0.4) is 0 Å². The predicted octanol–water partition coefficient (Wildman–Crippen LogP) is 1.41. The Labute approximate surface area is 114 Å². The maximum atomic E-state index is 12.3. The molecule has 0 amide bonds. The van der Waals surface area contributed by atoms with Gasteiger partial charge in [0, 0.05) is 6.54 Å². The summed E-state index contributed by atoms with van der Waals surface area (Å²) in [4.78, 5) is 0.0876. The van der Waals surface area contributed by atoms with Crippen LogP contribution < -0.4 is 10.5 Å². The maximum Gasteiger partial charge on any atom is 0.242 e. The van der Waals surface area contributed by atoms with Crippen LogP contribution >= 0.6 is 0 Å². The highest BCUT2D eigenvalue weighted by atomic mass is 32.2. The van der Waals surface area contributed by atoms with Crippen molar-refractivity contribution < 1.29 is 13.5 Å². The second kappa shape index (κ2) is 5.90. The molecule has 0 aliphatic carbocycles. The summed E-state index contributed by atoms with van der Waals surface area (Å²) in [5.41, 5.74) is 5.51. The molecule has 0 aromatic heterocycles. The number of rotatable bonds is 6. The van der Waals surface area contributed by atoms with Gasteiger partial charge in [0.1, 0.15) is 4.90 Å². The molecular formula is C13H22N2O3S. The number of hydrogen-bond acceptors (Lipinski definition) is 4. The molecule has 0 saturated carbocycles. The summed E-state index contributed by atoms with van der Waals surface area (Å²) in [7, 11) is -3.71. The average molecular weight is 286 g/mol. The molecule has 108 valence electrons. The lowest BCUT2D eigenvalue weighted by Gasteiger charge is -2.25. The van der Waals surface area contributed by atoms with Crippen molar-refractivity contribution in [3.8, 4) is 0 Å². The van der Waals surface area contributed by atoms with E-state index in [1.54, 1.807) is 25.1 Å². The van der Waals surface area contributed by atoms with E-state index >= 15 is 0 Å². The monoisotopic (exact) mass is 286 g/mol. The summed E-state index contributed by atoms with van der Waals surface area (Å²) in [5, 5.41) is 10.1. The van der Waals surface area contributed by atoms with E-state index in [0.29, 0.717) is 18.4 Å². The van der Waals surface area contributed by atoms with Crippen molar-refractivity contribution in [2.45, 2.75) is 44.1 Å². The van der Waals surface area contributed by atoms with E-state index in [0.717, 1.165) is 0 Å². The van der Waals surface area contributed by atoms with E-state index in [-0.39, 0.29) is 17.1 Å². The Balaban J connectivity index is 3.00. The van der Waals surface area contributed by atoms with E-state index in [4.69, 9.17) is 5.73 Å². The van der Waals surface area contributed by atoms with Crippen molar-refractivity contribution in [2.24, 2.45) is 0 Å². The van der Waals surface area contributed by atoms with Gasteiger partial charge in [-0.3, -0.25) is 0 Å². The normalized spacial score (nSPS) is 12.6. The van der Waals surface area contributed by atoms with Crippen LogP contribution in [0.4, 0.5) is 5.69 Å². The van der Waals surface area contributed by atoms with Gasteiger partial charge in [-0.2, -0.15) is 0 Å². The Morgan fingerprint density at radius 3 is 2.37 bits per heavy atom. The lowest BCUT2D eigenvalue weighted by molar-refractivity contribution is 0.0377. The molecule has 0 atom stereocenters. The second-order valence-corrected chi connectivity index (χ2v) is 6.45. The summed E-state index contributed by atoms with van der Waals surface area (Å²) in [6, 6.07) is 4.95. The third-order valence-electron chi connectivity index (χ3n) is 3.42. The van der Waals surface area contributed by atoms with E-state index in [1.807, 2.05) is 13.8 Å². The minimum atomic E-state index is -3.71. The van der Waals surface area contributed by atoms with Crippen LogP contribution in [0.2, 0.25) is 0 Å².